The molecule has 0 aliphatic carbocycles. The number of nitrogens with one attached hydrogen (secondary N) is 2. The van der Waals surface area contributed by atoms with E-state index in [0.29, 0.717) is 11.3 Å². The van der Waals surface area contributed by atoms with Gasteiger partial charge < -0.3 is 10.1 Å². The van der Waals surface area contributed by atoms with Crippen LogP contribution in [0.1, 0.15) is 19.4 Å². The fraction of sp³-hybridized carbons (Fsp3) is 0.312. The van der Waals surface area contributed by atoms with Crippen molar-refractivity contribution < 1.29 is 13.2 Å². The summed E-state index contributed by atoms with van der Waals surface area (Å²) >= 11 is 0. The molecule has 0 aliphatic heterocycles. The van der Waals surface area contributed by atoms with Crippen LogP contribution in [0.25, 0.3) is 0 Å². The molecule has 0 amide bonds. The van der Waals surface area contributed by atoms with Crippen LogP contribution < -0.4 is 14.8 Å². The average molecular weight is 335 g/mol. The highest BCUT2D eigenvalue weighted by atomic mass is 32.2. The van der Waals surface area contributed by atoms with Gasteiger partial charge in [-0.15, -0.1) is 0 Å². The van der Waals surface area contributed by atoms with Crippen LogP contribution in [-0.4, -0.2) is 26.6 Å². The molecule has 0 unspecified atom stereocenters. The van der Waals surface area contributed by atoms with E-state index >= 15 is 0 Å². The van der Waals surface area contributed by atoms with Crippen LogP contribution >= 0.6 is 0 Å². The molecule has 0 bridgehead atoms. The summed E-state index contributed by atoms with van der Waals surface area (Å²) in [5, 5.41) is 3.19. The maximum absolute atomic E-state index is 12.5. The lowest BCUT2D eigenvalue weighted by Crippen LogP contribution is -2.15. The third kappa shape index (κ3) is 4.35. The van der Waals surface area contributed by atoms with Crippen LogP contribution in [0.15, 0.2) is 41.4 Å². The van der Waals surface area contributed by atoms with Crippen molar-refractivity contribution in [1.82, 2.24) is 4.98 Å². The topological polar surface area (TPSA) is 80.3 Å². The maximum Gasteiger partial charge on any atom is 0.263 e. The summed E-state index contributed by atoms with van der Waals surface area (Å²) in [5.74, 6) is 0.887. The lowest BCUT2D eigenvalue weighted by molar-refractivity contribution is 0.414. The van der Waals surface area contributed by atoms with Crippen LogP contribution in [0, 0.1) is 6.92 Å². The van der Waals surface area contributed by atoms with E-state index in [1.165, 1.54) is 13.2 Å². The van der Waals surface area contributed by atoms with Crippen molar-refractivity contribution in [3.8, 4) is 5.75 Å². The second-order valence-corrected chi connectivity index (χ2v) is 7.12. The van der Waals surface area contributed by atoms with Gasteiger partial charge in [0.15, 0.2) is 0 Å². The van der Waals surface area contributed by atoms with E-state index in [4.69, 9.17) is 4.74 Å². The second-order valence-electron chi connectivity index (χ2n) is 5.47. The molecule has 0 atom stereocenters. The van der Waals surface area contributed by atoms with E-state index < -0.39 is 10.0 Å². The van der Waals surface area contributed by atoms with Crippen molar-refractivity contribution in [2.24, 2.45) is 0 Å². The zero-order chi connectivity index (χ0) is 17.0. The van der Waals surface area contributed by atoms with Crippen molar-refractivity contribution in [3.05, 3.63) is 42.1 Å². The number of benzene rings is 1. The molecule has 0 fully saturated rings. The Balaban J connectivity index is 2.21. The van der Waals surface area contributed by atoms with Crippen molar-refractivity contribution in [2.45, 2.75) is 31.7 Å². The van der Waals surface area contributed by atoms with Crippen LogP contribution in [0.4, 0.5) is 11.5 Å². The molecule has 2 aromatic rings. The van der Waals surface area contributed by atoms with Gasteiger partial charge in [-0.2, -0.15) is 0 Å². The number of pyridine rings is 1. The molecule has 0 saturated carbocycles. The van der Waals surface area contributed by atoms with Gasteiger partial charge in [-0.1, -0.05) is 0 Å². The number of ether oxygens (including phenoxy) is 1. The molecule has 0 spiro atoms. The van der Waals surface area contributed by atoms with E-state index in [0.717, 1.165) is 5.69 Å². The summed E-state index contributed by atoms with van der Waals surface area (Å²) in [6, 6.07) is 8.50. The standard InChI is InChI=1S/C16H21N3O3S/c1-11(2)18-13-5-8-16(17-10-13)19-23(20,21)15-7-6-14(22-4)9-12(15)3/h5-11,18H,1-4H3,(H,17,19). The van der Waals surface area contributed by atoms with Gasteiger partial charge in [-0.25, -0.2) is 13.4 Å². The fourth-order valence-corrected chi connectivity index (χ4v) is 3.35. The summed E-state index contributed by atoms with van der Waals surface area (Å²) in [6.45, 7) is 5.76. The lowest BCUT2D eigenvalue weighted by Gasteiger charge is -2.12. The Kier molecular flexibility index (Phi) is 5.10. The third-order valence-corrected chi connectivity index (χ3v) is 4.64. The van der Waals surface area contributed by atoms with Crippen LogP contribution in [0.3, 0.4) is 0 Å². The molecular weight excluding hydrogens is 314 g/mol. The second kappa shape index (κ2) is 6.87. The number of nitrogens with zero attached hydrogens (tertiary/aromatic N) is 1. The molecule has 2 N–H and O–H groups in total. The predicted octanol–water partition coefficient (Wildman–Crippen LogP) is 3.02. The Bertz CT molecular complexity index is 772. The van der Waals surface area contributed by atoms with Gasteiger partial charge in [-0.3, -0.25) is 4.72 Å². The summed E-state index contributed by atoms with van der Waals surface area (Å²) in [6.07, 6.45) is 1.60. The molecule has 6 nitrogen and oxygen atoms in total. The number of aromatic nitrogens is 1. The minimum Gasteiger partial charge on any atom is -0.497 e. The summed E-state index contributed by atoms with van der Waals surface area (Å²) < 4.78 is 32.5. The Labute approximate surface area is 137 Å². The van der Waals surface area contributed by atoms with Gasteiger partial charge in [0.2, 0.25) is 0 Å². The van der Waals surface area contributed by atoms with Crippen LogP contribution in [0.2, 0.25) is 0 Å². The molecule has 2 rings (SSSR count). The maximum atomic E-state index is 12.5. The molecule has 23 heavy (non-hydrogen) atoms. The molecule has 1 heterocycles. The Morgan fingerprint density at radius 2 is 1.91 bits per heavy atom. The highest BCUT2D eigenvalue weighted by Gasteiger charge is 2.18. The third-order valence-electron chi connectivity index (χ3n) is 3.13. The number of methoxy groups -OCH3 is 1. The fourth-order valence-electron chi connectivity index (χ4n) is 2.12. The highest BCUT2D eigenvalue weighted by molar-refractivity contribution is 7.92. The largest absolute Gasteiger partial charge is 0.497 e. The molecule has 1 aromatic heterocycles. The summed E-state index contributed by atoms with van der Waals surface area (Å²) in [4.78, 5) is 4.33. The molecule has 0 aliphatic rings. The van der Waals surface area contributed by atoms with Gasteiger partial charge in [0.1, 0.15) is 11.6 Å². The van der Waals surface area contributed by atoms with Gasteiger partial charge >= 0.3 is 0 Å². The SMILES string of the molecule is COc1ccc(S(=O)(=O)Nc2ccc(NC(C)C)cn2)c(C)c1. The van der Waals surface area contributed by atoms with E-state index in [1.54, 1.807) is 37.4 Å². The molecule has 124 valence electrons. The molecule has 0 saturated heterocycles. The number of aryl methyl sites for hydroxylation is 1. The van der Waals surface area contributed by atoms with Crippen molar-refractivity contribution in [1.29, 1.82) is 0 Å². The zero-order valence-electron chi connectivity index (χ0n) is 13.6. The first-order chi connectivity index (χ1) is 10.8. The quantitative estimate of drug-likeness (QED) is 0.848. The minimum atomic E-state index is -3.69. The van der Waals surface area contributed by atoms with Crippen molar-refractivity contribution >= 4 is 21.5 Å². The van der Waals surface area contributed by atoms with Gasteiger partial charge in [-0.05, 0) is 56.7 Å². The lowest BCUT2D eigenvalue weighted by atomic mass is 10.2. The smallest absolute Gasteiger partial charge is 0.263 e. The van der Waals surface area contributed by atoms with E-state index in [2.05, 4.69) is 15.0 Å². The van der Waals surface area contributed by atoms with Gasteiger partial charge in [0.05, 0.1) is 23.9 Å². The van der Waals surface area contributed by atoms with Crippen LogP contribution in [0.5, 0.6) is 5.75 Å². The van der Waals surface area contributed by atoms with Crippen molar-refractivity contribution in [2.75, 3.05) is 17.1 Å². The first-order valence-corrected chi connectivity index (χ1v) is 8.70. The number of sulfonamides is 1. The molecule has 0 radical (unpaired) electrons. The molecular formula is C16H21N3O3S. The summed E-state index contributed by atoms with van der Waals surface area (Å²) in [7, 11) is -2.15. The number of anilines is 2. The van der Waals surface area contributed by atoms with Crippen molar-refractivity contribution in [3.63, 3.8) is 0 Å². The number of hydrogen-bond donors (Lipinski definition) is 2. The first-order valence-electron chi connectivity index (χ1n) is 7.22. The molecule has 7 heteroatoms. The Hall–Kier alpha value is -2.28. The minimum absolute atomic E-state index is 0.199. The zero-order valence-corrected chi connectivity index (χ0v) is 14.4. The molecule has 1 aromatic carbocycles. The Morgan fingerprint density at radius 3 is 2.43 bits per heavy atom. The van der Waals surface area contributed by atoms with Gasteiger partial charge in [0.25, 0.3) is 10.0 Å². The van der Waals surface area contributed by atoms with E-state index in [9.17, 15) is 8.42 Å². The first kappa shape index (κ1) is 17.1. The van der Waals surface area contributed by atoms with E-state index in [1.807, 2.05) is 13.8 Å². The predicted molar refractivity (Wildman–Crippen MR) is 91.5 cm³/mol. The van der Waals surface area contributed by atoms with Gasteiger partial charge in [0, 0.05) is 6.04 Å². The number of rotatable bonds is 6. The highest BCUT2D eigenvalue weighted by Crippen LogP contribution is 2.23. The Morgan fingerprint density at radius 1 is 1.17 bits per heavy atom. The van der Waals surface area contributed by atoms with E-state index in [-0.39, 0.29) is 16.8 Å². The van der Waals surface area contributed by atoms with Crippen LogP contribution in [-0.2, 0) is 10.0 Å². The average Bonchev–Trinajstić information content (AvgIpc) is 2.48. The normalized spacial score (nSPS) is 11.3. The summed E-state index contributed by atoms with van der Waals surface area (Å²) in [5.41, 5.74) is 1.44. The number of hydrogen-bond acceptors (Lipinski definition) is 5. The monoisotopic (exact) mass is 335 g/mol.